The number of ether oxygens (including phenoxy) is 2. The predicted molar refractivity (Wildman–Crippen MR) is 141 cm³/mol. The minimum Gasteiger partial charge on any atom is -0.456 e. The summed E-state index contributed by atoms with van der Waals surface area (Å²) in [6, 6.07) is 17.6. The molecule has 0 bridgehead atoms. The number of para-hydroxylation sites is 1. The van der Waals surface area contributed by atoms with Crippen LogP contribution in [0.2, 0.25) is 5.02 Å². The molecule has 0 saturated carbocycles. The Labute approximate surface area is 213 Å². The predicted octanol–water partition coefficient (Wildman–Crippen LogP) is 5.24. The van der Waals surface area contributed by atoms with Crippen molar-refractivity contribution >= 4 is 23.0 Å². The van der Waals surface area contributed by atoms with Gasteiger partial charge in [0.05, 0.1) is 18.9 Å². The number of anilines is 2. The lowest BCUT2D eigenvalue weighted by Gasteiger charge is -2.29. The quantitative estimate of drug-likeness (QED) is 0.344. The molecule has 8 heteroatoms. The number of H-pyrrole nitrogens is 1. The van der Waals surface area contributed by atoms with Crippen LogP contribution in [0, 0.1) is 0 Å². The molecule has 4 aromatic rings. The molecule has 182 valence electrons. The average molecular weight is 501 g/mol. The minimum absolute atomic E-state index is 0.132. The first-order valence-electron chi connectivity index (χ1n) is 12.0. The van der Waals surface area contributed by atoms with E-state index >= 15 is 0 Å². The molecule has 2 N–H and O–H groups in total. The van der Waals surface area contributed by atoms with Crippen molar-refractivity contribution in [2.75, 3.05) is 36.5 Å². The van der Waals surface area contributed by atoms with E-state index in [-0.39, 0.29) is 5.56 Å². The van der Waals surface area contributed by atoms with Crippen LogP contribution in [0.4, 0.5) is 11.4 Å². The molecule has 4 heterocycles. The molecule has 0 atom stereocenters. The highest BCUT2D eigenvalue weighted by Crippen LogP contribution is 2.43. The number of fused-ring (bicyclic) bond motifs is 2. The van der Waals surface area contributed by atoms with E-state index in [0.29, 0.717) is 24.8 Å². The summed E-state index contributed by atoms with van der Waals surface area (Å²) in [5.41, 5.74) is 6.48. The molecular weight excluding hydrogens is 476 g/mol. The van der Waals surface area contributed by atoms with Crippen LogP contribution in [-0.4, -0.2) is 36.3 Å². The summed E-state index contributed by atoms with van der Waals surface area (Å²) in [4.78, 5) is 21.9. The highest BCUT2D eigenvalue weighted by atomic mass is 35.5. The third-order valence-corrected chi connectivity index (χ3v) is 6.94. The summed E-state index contributed by atoms with van der Waals surface area (Å²) in [7, 11) is 0. The van der Waals surface area contributed by atoms with E-state index < -0.39 is 0 Å². The number of hydrogen-bond donors (Lipinski definition) is 2. The van der Waals surface area contributed by atoms with Gasteiger partial charge >= 0.3 is 0 Å². The van der Waals surface area contributed by atoms with Gasteiger partial charge in [-0.3, -0.25) is 9.78 Å². The van der Waals surface area contributed by atoms with Crippen LogP contribution in [0.15, 0.2) is 71.8 Å². The van der Waals surface area contributed by atoms with E-state index in [0.717, 1.165) is 70.3 Å². The Hall–Kier alpha value is -3.81. The van der Waals surface area contributed by atoms with Gasteiger partial charge in [0.2, 0.25) is 5.56 Å². The molecular formula is C28H25ClN4O3. The maximum absolute atomic E-state index is 12.5. The number of morpholine rings is 1. The van der Waals surface area contributed by atoms with Gasteiger partial charge in [0.1, 0.15) is 11.5 Å². The zero-order chi connectivity index (χ0) is 24.5. The molecule has 0 radical (unpaired) electrons. The average Bonchev–Trinajstić information content (AvgIpc) is 2.91. The Bertz CT molecular complexity index is 1480. The molecule has 2 aromatic heterocycles. The van der Waals surface area contributed by atoms with Gasteiger partial charge in [0.25, 0.3) is 0 Å². The van der Waals surface area contributed by atoms with Crippen molar-refractivity contribution in [1.29, 1.82) is 0 Å². The Morgan fingerprint density at radius 2 is 1.94 bits per heavy atom. The van der Waals surface area contributed by atoms with Gasteiger partial charge in [-0.2, -0.15) is 0 Å². The number of aromatic nitrogens is 2. The summed E-state index contributed by atoms with van der Waals surface area (Å²) in [5.74, 6) is 1.59. The summed E-state index contributed by atoms with van der Waals surface area (Å²) in [5, 5.41) is 4.11. The van der Waals surface area contributed by atoms with E-state index in [1.807, 2.05) is 30.3 Å². The molecule has 6 rings (SSSR count). The third-order valence-electron chi connectivity index (χ3n) is 6.57. The molecule has 0 unspecified atom stereocenters. The summed E-state index contributed by atoms with van der Waals surface area (Å²) < 4.78 is 11.9. The van der Waals surface area contributed by atoms with Crippen LogP contribution in [0.25, 0.3) is 11.3 Å². The van der Waals surface area contributed by atoms with Crippen molar-refractivity contribution in [2.24, 2.45) is 0 Å². The fraction of sp³-hybridized carbons (Fsp3) is 0.214. The number of aromatic amines is 1. The van der Waals surface area contributed by atoms with Crippen LogP contribution < -0.4 is 20.5 Å². The SMILES string of the molecule is O=c1cc(N2CCOCC2)cc(-c2cccc3c2Oc2ccc(NCc4cnccc4Cl)cc2C3)[nH]1. The monoisotopic (exact) mass is 500 g/mol. The first kappa shape index (κ1) is 22.6. The number of halogens is 1. The van der Waals surface area contributed by atoms with Gasteiger partial charge in [-0.05, 0) is 42.0 Å². The number of nitrogens with one attached hydrogen (secondary N) is 2. The molecule has 0 aliphatic carbocycles. The molecule has 2 aromatic carbocycles. The largest absolute Gasteiger partial charge is 0.456 e. The fourth-order valence-electron chi connectivity index (χ4n) is 4.71. The highest BCUT2D eigenvalue weighted by Gasteiger charge is 2.22. The van der Waals surface area contributed by atoms with Crippen LogP contribution in [0.5, 0.6) is 11.5 Å². The topological polar surface area (TPSA) is 79.5 Å². The van der Waals surface area contributed by atoms with Gasteiger partial charge in [-0.1, -0.05) is 23.7 Å². The number of nitrogens with zero attached hydrogens (tertiary/aromatic N) is 2. The van der Waals surface area contributed by atoms with Gasteiger partial charge in [-0.25, -0.2) is 0 Å². The highest BCUT2D eigenvalue weighted by molar-refractivity contribution is 6.31. The van der Waals surface area contributed by atoms with Gasteiger partial charge in [0.15, 0.2) is 0 Å². The van der Waals surface area contributed by atoms with Crippen molar-refractivity contribution in [3.63, 3.8) is 0 Å². The Balaban J connectivity index is 1.27. The minimum atomic E-state index is -0.132. The maximum atomic E-state index is 12.5. The zero-order valence-electron chi connectivity index (χ0n) is 19.6. The smallest absolute Gasteiger partial charge is 0.250 e. The molecule has 2 aliphatic heterocycles. The van der Waals surface area contributed by atoms with E-state index in [1.165, 1.54) is 0 Å². The van der Waals surface area contributed by atoms with E-state index in [4.69, 9.17) is 21.1 Å². The van der Waals surface area contributed by atoms with Crippen molar-refractivity contribution in [1.82, 2.24) is 9.97 Å². The molecule has 1 fully saturated rings. The van der Waals surface area contributed by atoms with E-state index in [2.05, 4.69) is 32.3 Å². The summed E-state index contributed by atoms with van der Waals surface area (Å²) in [6.45, 7) is 3.44. The van der Waals surface area contributed by atoms with Gasteiger partial charge in [0, 0.05) is 77.6 Å². The van der Waals surface area contributed by atoms with Gasteiger partial charge < -0.3 is 24.7 Å². The normalized spacial score (nSPS) is 14.5. The van der Waals surface area contributed by atoms with Crippen molar-refractivity contribution in [3.05, 3.63) is 99.1 Å². The second-order valence-electron chi connectivity index (χ2n) is 8.93. The van der Waals surface area contributed by atoms with Crippen LogP contribution >= 0.6 is 11.6 Å². The standard InChI is InChI=1S/C28H25ClN4O3/c29-24-6-7-30-16-20(24)17-31-21-4-5-26-19(13-21)12-18-2-1-3-23(28(18)36-26)25-14-22(15-27(34)32-25)33-8-10-35-11-9-33/h1-7,13-16,31H,8-12,17H2,(H,32,34). The summed E-state index contributed by atoms with van der Waals surface area (Å²) in [6.07, 6.45) is 4.18. The first-order valence-corrected chi connectivity index (χ1v) is 12.3. The van der Waals surface area contributed by atoms with Crippen LogP contribution in [-0.2, 0) is 17.7 Å². The lowest BCUT2D eigenvalue weighted by atomic mass is 9.96. The molecule has 0 spiro atoms. The number of hydrogen-bond acceptors (Lipinski definition) is 6. The Morgan fingerprint density at radius 1 is 1.06 bits per heavy atom. The zero-order valence-corrected chi connectivity index (χ0v) is 20.3. The first-order chi connectivity index (χ1) is 17.6. The van der Waals surface area contributed by atoms with Crippen LogP contribution in [0.3, 0.4) is 0 Å². The number of benzene rings is 2. The molecule has 2 aliphatic rings. The fourth-order valence-corrected chi connectivity index (χ4v) is 4.89. The maximum Gasteiger partial charge on any atom is 0.250 e. The van der Waals surface area contributed by atoms with Gasteiger partial charge in [-0.15, -0.1) is 0 Å². The molecule has 7 nitrogen and oxygen atoms in total. The Morgan fingerprint density at radius 3 is 2.81 bits per heavy atom. The van der Waals surface area contributed by atoms with Crippen molar-refractivity contribution in [3.8, 4) is 22.8 Å². The van der Waals surface area contributed by atoms with Crippen molar-refractivity contribution < 1.29 is 9.47 Å². The second-order valence-corrected chi connectivity index (χ2v) is 9.34. The molecule has 1 saturated heterocycles. The van der Waals surface area contributed by atoms with Crippen LogP contribution in [0.1, 0.15) is 16.7 Å². The molecule has 36 heavy (non-hydrogen) atoms. The van der Waals surface area contributed by atoms with E-state index in [1.54, 1.807) is 24.5 Å². The summed E-state index contributed by atoms with van der Waals surface area (Å²) >= 11 is 6.26. The van der Waals surface area contributed by atoms with Crippen molar-refractivity contribution in [2.45, 2.75) is 13.0 Å². The second kappa shape index (κ2) is 9.68. The lowest BCUT2D eigenvalue weighted by molar-refractivity contribution is 0.122. The Kier molecular flexibility index (Phi) is 6.09. The van der Waals surface area contributed by atoms with E-state index in [9.17, 15) is 4.79 Å². The third kappa shape index (κ3) is 4.55. The lowest BCUT2D eigenvalue weighted by Crippen LogP contribution is -2.36. The molecule has 0 amide bonds. The number of pyridine rings is 2. The number of rotatable bonds is 5.